The molecule has 0 unspecified atom stereocenters. The molecular weight excluding hydrogens is 294 g/mol. The van der Waals surface area contributed by atoms with Crippen LogP contribution < -0.4 is 21.1 Å². The summed E-state index contributed by atoms with van der Waals surface area (Å²) in [7, 11) is 0. The van der Waals surface area contributed by atoms with Gasteiger partial charge in [-0.05, 0) is 57.3 Å². The third kappa shape index (κ3) is 3.28. The number of aryl methyl sites for hydroxylation is 1. The van der Waals surface area contributed by atoms with Crippen LogP contribution in [0.4, 0.5) is 5.69 Å². The van der Waals surface area contributed by atoms with Crippen molar-refractivity contribution in [2.75, 3.05) is 32.0 Å². The highest BCUT2D eigenvalue weighted by atomic mass is 16.5. The summed E-state index contributed by atoms with van der Waals surface area (Å²) in [6.45, 7) is 4.30. The number of piperidine rings is 1. The number of carbonyl (C=O) groups excluding carboxylic acids is 1. The summed E-state index contributed by atoms with van der Waals surface area (Å²) in [5.74, 6) is 0.396. The summed E-state index contributed by atoms with van der Waals surface area (Å²) >= 11 is 0. The van der Waals surface area contributed by atoms with E-state index in [0.29, 0.717) is 36.4 Å². The molecule has 1 aromatic rings. The first-order chi connectivity index (χ1) is 11.0. The maximum Gasteiger partial charge on any atom is 0.255 e. The molecule has 0 saturated carbocycles. The predicted octanol–water partition coefficient (Wildman–Crippen LogP) is 0.747. The van der Waals surface area contributed by atoms with Crippen molar-refractivity contribution in [3.8, 4) is 5.75 Å². The molecule has 1 aromatic carbocycles. The van der Waals surface area contributed by atoms with Gasteiger partial charge >= 0.3 is 0 Å². The van der Waals surface area contributed by atoms with Gasteiger partial charge in [-0.25, -0.2) is 0 Å². The summed E-state index contributed by atoms with van der Waals surface area (Å²) in [6, 6.07) is 1.78. The SMILES string of the molecule is Cc1cc(C(=O)NCC2(O)CCNCC2)c2c(c1N)CCCO2. The van der Waals surface area contributed by atoms with Crippen LogP contribution in [0, 0.1) is 6.92 Å². The monoisotopic (exact) mass is 319 g/mol. The molecule has 2 heterocycles. The van der Waals surface area contributed by atoms with Crippen molar-refractivity contribution in [1.82, 2.24) is 10.6 Å². The maximum absolute atomic E-state index is 12.6. The fraction of sp³-hybridized carbons (Fsp3) is 0.588. The van der Waals surface area contributed by atoms with E-state index in [-0.39, 0.29) is 12.5 Å². The maximum atomic E-state index is 12.6. The second-order valence-electron chi connectivity index (χ2n) is 6.57. The van der Waals surface area contributed by atoms with Crippen LogP contribution in [-0.4, -0.2) is 42.9 Å². The van der Waals surface area contributed by atoms with Crippen molar-refractivity contribution >= 4 is 11.6 Å². The first-order valence-electron chi connectivity index (χ1n) is 8.26. The van der Waals surface area contributed by atoms with E-state index in [0.717, 1.165) is 37.1 Å². The highest BCUT2D eigenvalue weighted by Gasteiger charge is 2.30. The van der Waals surface area contributed by atoms with E-state index in [2.05, 4.69) is 10.6 Å². The molecule has 1 fully saturated rings. The van der Waals surface area contributed by atoms with Crippen LogP contribution in [0.5, 0.6) is 5.75 Å². The molecule has 5 N–H and O–H groups in total. The highest BCUT2D eigenvalue weighted by Crippen LogP contribution is 2.35. The Hall–Kier alpha value is -1.79. The van der Waals surface area contributed by atoms with Crippen LogP contribution in [0.3, 0.4) is 0 Å². The molecule has 6 heteroatoms. The molecule has 0 radical (unpaired) electrons. The van der Waals surface area contributed by atoms with Crippen LogP contribution in [0.2, 0.25) is 0 Å². The van der Waals surface area contributed by atoms with E-state index in [9.17, 15) is 9.90 Å². The zero-order valence-electron chi connectivity index (χ0n) is 13.6. The summed E-state index contributed by atoms with van der Waals surface area (Å²) in [5.41, 5.74) is 8.35. The molecule has 1 saturated heterocycles. The van der Waals surface area contributed by atoms with E-state index in [1.54, 1.807) is 6.07 Å². The first kappa shape index (κ1) is 16.1. The van der Waals surface area contributed by atoms with Gasteiger partial charge in [0.05, 0.1) is 17.8 Å². The summed E-state index contributed by atoms with van der Waals surface area (Å²) in [5, 5.41) is 16.6. The quantitative estimate of drug-likeness (QED) is 0.617. The van der Waals surface area contributed by atoms with Crippen molar-refractivity contribution in [2.45, 2.75) is 38.2 Å². The lowest BCUT2D eigenvalue weighted by Crippen LogP contribution is -2.49. The summed E-state index contributed by atoms with van der Waals surface area (Å²) in [6.07, 6.45) is 3.03. The number of nitrogens with two attached hydrogens (primary N) is 1. The summed E-state index contributed by atoms with van der Waals surface area (Å²) < 4.78 is 5.72. The van der Waals surface area contributed by atoms with Gasteiger partial charge in [-0.1, -0.05) is 0 Å². The number of hydrogen-bond donors (Lipinski definition) is 4. The number of nitrogens with one attached hydrogen (secondary N) is 2. The van der Waals surface area contributed by atoms with E-state index in [4.69, 9.17) is 10.5 Å². The molecule has 2 aliphatic heterocycles. The largest absolute Gasteiger partial charge is 0.492 e. The van der Waals surface area contributed by atoms with Crippen molar-refractivity contribution in [3.05, 3.63) is 22.8 Å². The van der Waals surface area contributed by atoms with E-state index in [1.165, 1.54) is 0 Å². The zero-order chi connectivity index (χ0) is 16.4. The zero-order valence-corrected chi connectivity index (χ0v) is 13.6. The number of benzene rings is 1. The molecule has 1 amide bonds. The van der Waals surface area contributed by atoms with Crippen LogP contribution in [0.15, 0.2) is 6.07 Å². The van der Waals surface area contributed by atoms with Crippen LogP contribution in [0.1, 0.15) is 40.7 Å². The molecule has 3 rings (SSSR count). The Morgan fingerprint density at radius 2 is 2.22 bits per heavy atom. The van der Waals surface area contributed by atoms with Gasteiger partial charge in [0.1, 0.15) is 5.75 Å². The van der Waals surface area contributed by atoms with Gasteiger partial charge in [-0.3, -0.25) is 4.79 Å². The van der Waals surface area contributed by atoms with Gasteiger partial charge in [-0.2, -0.15) is 0 Å². The molecule has 6 nitrogen and oxygen atoms in total. The van der Waals surface area contributed by atoms with Crippen LogP contribution in [0.25, 0.3) is 0 Å². The van der Waals surface area contributed by atoms with E-state index >= 15 is 0 Å². The molecule has 0 bridgehead atoms. The van der Waals surface area contributed by atoms with Crippen molar-refractivity contribution in [1.29, 1.82) is 0 Å². The Morgan fingerprint density at radius 3 is 2.96 bits per heavy atom. The minimum atomic E-state index is -0.829. The number of fused-ring (bicyclic) bond motifs is 1. The lowest BCUT2D eigenvalue weighted by molar-refractivity contribution is 0.0112. The van der Waals surface area contributed by atoms with Gasteiger partial charge < -0.3 is 26.2 Å². The molecule has 0 aromatic heterocycles. The van der Waals surface area contributed by atoms with Gasteiger partial charge in [0.25, 0.3) is 5.91 Å². The number of hydrogen-bond acceptors (Lipinski definition) is 5. The normalized spacial score (nSPS) is 19.6. The standard InChI is InChI=1S/C17H25N3O3/c1-11-9-13(15-12(14(11)18)3-2-8-23-15)16(21)20-10-17(22)4-6-19-7-5-17/h9,19,22H,2-8,10,18H2,1H3,(H,20,21). The Labute approximate surface area is 136 Å². The second-order valence-corrected chi connectivity index (χ2v) is 6.57. The molecule has 126 valence electrons. The lowest BCUT2D eigenvalue weighted by Gasteiger charge is -2.32. The number of nitrogen functional groups attached to an aromatic ring is 1. The van der Waals surface area contributed by atoms with Gasteiger partial charge in [0.2, 0.25) is 0 Å². The first-order valence-corrected chi connectivity index (χ1v) is 8.26. The molecule has 23 heavy (non-hydrogen) atoms. The van der Waals surface area contributed by atoms with Crippen LogP contribution >= 0.6 is 0 Å². The Bertz CT molecular complexity index is 610. The molecule has 0 atom stereocenters. The molecule has 0 spiro atoms. The Kier molecular flexibility index (Phi) is 4.46. The van der Waals surface area contributed by atoms with Gasteiger partial charge in [-0.15, -0.1) is 0 Å². The van der Waals surface area contributed by atoms with Crippen molar-refractivity contribution in [3.63, 3.8) is 0 Å². The Balaban J connectivity index is 1.78. The number of rotatable bonds is 3. The molecule has 2 aliphatic rings. The fourth-order valence-corrected chi connectivity index (χ4v) is 3.30. The van der Waals surface area contributed by atoms with E-state index < -0.39 is 5.60 Å². The van der Waals surface area contributed by atoms with E-state index in [1.807, 2.05) is 6.92 Å². The third-order valence-corrected chi connectivity index (χ3v) is 4.80. The van der Waals surface area contributed by atoms with Crippen molar-refractivity contribution < 1.29 is 14.6 Å². The molecular formula is C17H25N3O3. The third-order valence-electron chi connectivity index (χ3n) is 4.80. The smallest absolute Gasteiger partial charge is 0.255 e. The second kappa shape index (κ2) is 6.37. The fourth-order valence-electron chi connectivity index (χ4n) is 3.30. The minimum Gasteiger partial charge on any atom is -0.492 e. The van der Waals surface area contributed by atoms with Crippen molar-refractivity contribution in [2.24, 2.45) is 0 Å². The highest BCUT2D eigenvalue weighted by molar-refractivity contribution is 5.98. The topological polar surface area (TPSA) is 96.6 Å². The average Bonchev–Trinajstić information content (AvgIpc) is 2.57. The number of anilines is 1. The van der Waals surface area contributed by atoms with Gasteiger partial charge in [0.15, 0.2) is 0 Å². The molecule has 0 aliphatic carbocycles. The number of ether oxygens (including phenoxy) is 1. The number of amides is 1. The number of aliphatic hydroxyl groups is 1. The van der Waals surface area contributed by atoms with Gasteiger partial charge in [0, 0.05) is 17.8 Å². The average molecular weight is 319 g/mol. The summed E-state index contributed by atoms with van der Waals surface area (Å²) in [4.78, 5) is 12.6. The van der Waals surface area contributed by atoms with Crippen LogP contribution in [-0.2, 0) is 6.42 Å². The lowest BCUT2D eigenvalue weighted by atomic mass is 9.92. The Morgan fingerprint density at radius 1 is 1.48 bits per heavy atom. The number of carbonyl (C=O) groups is 1. The predicted molar refractivity (Wildman–Crippen MR) is 88.8 cm³/mol. The minimum absolute atomic E-state index is 0.210.